The molecule has 0 atom stereocenters. The van der Waals surface area contributed by atoms with Crippen molar-refractivity contribution >= 4 is 63.5 Å². The number of carbonyl (C=O) groups is 1. The van der Waals surface area contributed by atoms with Crippen LogP contribution in [0, 0.1) is 19.3 Å². The van der Waals surface area contributed by atoms with Gasteiger partial charge in [-0.25, -0.2) is 4.90 Å². The van der Waals surface area contributed by atoms with E-state index >= 15 is 0 Å². The second-order valence-corrected chi connectivity index (χ2v) is 8.19. The number of hydrogen-bond donors (Lipinski definition) is 1. The topological polar surface area (TPSA) is 73.8 Å². The van der Waals surface area contributed by atoms with Gasteiger partial charge in [0.1, 0.15) is 5.84 Å². The van der Waals surface area contributed by atoms with E-state index in [1.165, 1.54) is 11.8 Å². The number of nitrogens with one attached hydrogen (secondary N) is 1. The minimum absolute atomic E-state index is 0.101. The van der Waals surface area contributed by atoms with Gasteiger partial charge in [-0.1, -0.05) is 23.4 Å². The van der Waals surface area contributed by atoms with Crippen LogP contribution in [0.3, 0.4) is 0 Å². The van der Waals surface area contributed by atoms with E-state index in [2.05, 4.69) is 14.0 Å². The summed E-state index contributed by atoms with van der Waals surface area (Å²) in [4.78, 5) is 18.3. The minimum atomic E-state index is -0.419. The van der Waals surface area contributed by atoms with Crippen LogP contribution in [0.1, 0.15) is 17.0 Å². The Balaban J connectivity index is 1.77. The lowest BCUT2D eigenvalue weighted by Crippen LogP contribution is -2.41. The summed E-state index contributed by atoms with van der Waals surface area (Å²) >= 11 is 8.54. The van der Waals surface area contributed by atoms with Crippen LogP contribution in [0.15, 0.2) is 45.3 Å². The second-order valence-electron chi connectivity index (χ2n) is 6.25. The number of aliphatic imine (C=N–C) groups is 1. The lowest BCUT2D eigenvalue weighted by molar-refractivity contribution is -0.114. The first kappa shape index (κ1) is 19.0. The summed E-state index contributed by atoms with van der Waals surface area (Å²) in [6.07, 6.45) is 3.62. The van der Waals surface area contributed by atoms with Gasteiger partial charge in [0.2, 0.25) is 5.17 Å². The summed E-state index contributed by atoms with van der Waals surface area (Å²) in [6.45, 7) is 3.99. The monoisotopic (exact) mass is 429 g/mol. The highest BCUT2D eigenvalue weighted by molar-refractivity contribution is 8.18. The molecule has 142 valence electrons. The molecule has 3 heterocycles. The van der Waals surface area contributed by atoms with Crippen LogP contribution >= 0.6 is 35.3 Å². The van der Waals surface area contributed by atoms with Gasteiger partial charge in [-0.2, -0.15) is 9.39 Å². The highest BCUT2D eigenvalue weighted by atomic mass is 35.5. The van der Waals surface area contributed by atoms with Gasteiger partial charge in [0.25, 0.3) is 5.91 Å². The molecule has 0 fully saturated rings. The summed E-state index contributed by atoms with van der Waals surface area (Å²) in [6, 6.07) is 9.59. The number of nitrogens with zero attached hydrogens (tertiary/aromatic N) is 4. The van der Waals surface area contributed by atoms with Gasteiger partial charge in [0.05, 0.1) is 17.5 Å². The molecule has 1 N–H and O–H groups in total. The van der Waals surface area contributed by atoms with Crippen molar-refractivity contribution in [3.8, 4) is 5.69 Å². The maximum absolute atomic E-state index is 12.5. The zero-order valence-corrected chi connectivity index (χ0v) is 17.7. The lowest BCUT2D eigenvalue weighted by atomic mass is 10.1. The van der Waals surface area contributed by atoms with Crippen LogP contribution < -0.4 is 0 Å². The Hall–Kier alpha value is -2.29. The Morgan fingerprint density at radius 2 is 1.96 bits per heavy atom. The number of amides is 1. The SMILES string of the molecule is CSC1=NSC2=NC(=O)/C(=C\c3cc(C)n(-c4ccc(Cl)cc4)c3C)C(=N)N12. The number of fused-ring (bicyclic) bond motifs is 1. The molecule has 1 aromatic heterocycles. The van der Waals surface area contributed by atoms with Crippen molar-refractivity contribution < 1.29 is 4.79 Å². The predicted octanol–water partition coefficient (Wildman–Crippen LogP) is 4.69. The fraction of sp³-hybridized carbons (Fsp3) is 0.158. The molecule has 2 aromatic rings. The Morgan fingerprint density at radius 1 is 1.25 bits per heavy atom. The third kappa shape index (κ3) is 3.11. The molecule has 0 spiro atoms. The van der Waals surface area contributed by atoms with Gasteiger partial charge >= 0.3 is 0 Å². The van der Waals surface area contributed by atoms with E-state index in [-0.39, 0.29) is 11.4 Å². The van der Waals surface area contributed by atoms with Crippen molar-refractivity contribution in [2.75, 3.05) is 6.26 Å². The number of aryl methyl sites for hydroxylation is 1. The molecule has 0 radical (unpaired) electrons. The van der Waals surface area contributed by atoms with Gasteiger partial charge in [-0.15, -0.1) is 0 Å². The van der Waals surface area contributed by atoms with Crippen LogP contribution in [-0.2, 0) is 4.79 Å². The molecule has 0 aliphatic carbocycles. The Labute approximate surface area is 176 Å². The molecule has 0 bridgehead atoms. The third-order valence-electron chi connectivity index (χ3n) is 4.53. The molecule has 0 saturated carbocycles. The number of thioether (sulfide) groups is 1. The quantitative estimate of drug-likeness (QED) is 0.555. The molecule has 2 aliphatic rings. The Kier molecular flexibility index (Phi) is 4.95. The van der Waals surface area contributed by atoms with Crippen LogP contribution in [-0.4, -0.2) is 37.8 Å². The van der Waals surface area contributed by atoms with Crippen LogP contribution in [0.4, 0.5) is 0 Å². The summed E-state index contributed by atoms with van der Waals surface area (Å²) in [5.41, 5.74) is 4.10. The van der Waals surface area contributed by atoms with Gasteiger partial charge < -0.3 is 4.57 Å². The zero-order valence-electron chi connectivity index (χ0n) is 15.4. The number of benzene rings is 1. The summed E-state index contributed by atoms with van der Waals surface area (Å²) in [7, 11) is 0. The first-order chi connectivity index (χ1) is 13.4. The molecular weight excluding hydrogens is 414 g/mol. The van der Waals surface area contributed by atoms with Crippen LogP contribution in [0.2, 0.25) is 5.02 Å². The second kappa shape index (κ2) is 7.27. The fourth-order valence-corrected chi connectivity index (χ4v) is 4.79. The van der Waals surface area contributed by atoms with E-state index in [4.69, 9.17) is 17.0 Å². The number of carbonyl (C=O) groups excluding carboxylic acids is 1. The normalized spacial score (nSPS) is 17.9. The Morgan fingerprint density at radius 3 is 2.64 bits per heavy atom. The van der Waals surface area contributed by atoms with Crippen molar-refractivity contribution in [3.63, 3.8) is 0 Å². The van der Waals surface area contributed by atoms with Gasteiger partial charge in [-0.3, -0.25) is 10.2 Å². The van der Waals surface area contributed by atoms with E-state index in [1.807, 2.05) is 50.4 Å². The molecule has 0 saturated heterocycles. The lowest BCUT2D eigenvalue weighted by Gasteiger charge is -2.23. The van der Waals surface area contributed by atoms with Gasteiger partial charge in [0, 0.05) is 22.1 Å². The van der Waals surface area contributed by atoms with Gasteiger partial charge in [0.15, 0.2) is 5.17 Å². The molecule has 1 amide bonds. The maximum atomic E-state index is 12.5. The molecule has 9 heteroatoms. The van der Waals surface area contributed by atoms with E-state index in [0.29, 0.717) is 15.4 Å². The molecule has 6 nitrogen and oxygen atoms in total. The van der Waals surface area contributed by atoms with E-state index < -0.39 is 5.91 Å². The number of hydrogen-bond acceptors (Lipinski definition) is 5. The third-order valence-corrected chi connectivity index (χ3v) is 6.24. The predicted molar refractivity (Wildman–Crippen MR) is 119 cm³/mol. The summed E-state index contributed by atoms with van der Waals surface area (Å²) in [5.74, 6) is -0.318. The van der Waals surface area contributed by atoms with Crippen LogP contribution in [0.25, 0.3) is 11.8 Å². The number of rotatable bonds is 2. The standard InChI is InChI=1S/C19H16ClN5OS2/c1-10-8-12(11(2)24(10)14-6-4-13(20)5-7-14)9-15-16(21)25-18(22-17(15)26)28-23-19(25)27-3/h4-9,21H,1-3H3/b15-9-,21-16?. The minimum Gasteiger partial charge on any atom is -0.318 e. The van der Waals surface area contributed by atoms with E-state index in [9.17, 15) is 4.79 Å². The zero-order chi connectivity index (χ0) is 20.0. The van der Waals surface area contributed by atoms with Crippen molar-refractivity contribution in [3.05, 3.63) is 57.9 Å². The largest absolute Gasteiger partial charge is 0.318 e. The van der Waals surface area contributed by atoms with Crippen LogP contribution in [0.5, 0.6) is 0 Å². The number of aromatic nitrogens is 1. The maximum Gasteiger partial charge on any atom is 0.283 e. The summed E-state index contributed by atoms with van der Waals surface area (Å²) < 4.78 is 6.36. The highest BCUT2D eigenvalue weighted by Gasteiger charge is 2.37. The fourth-order valence-electron chi connectivity index (χ4n) is 3.21. The van der Waals surface area contributed by atoms with Crippen molar-refractivity contribution in [2.45, 2.75) is 13.8 Å². The van der Waals surface area contributed by atoms with E-state index in [0.717, 1.165) is 34.6 Å². The number of amidine groups is 3. The smallest absolute Gasteiger partial charge is 0.283 e. The first-order valence-corrected chi connectivity index (χ1v) is 10.8. The molecule has 0 unspecified atom stereocenters. The molecule has 4 rings (SSSR count). The number of halogens is 1. The molecule has 2 aliphatic heterocycles. The molecule has 28 heavy (non-hydrogen) atoms. The molecular formula is C19H16ClN5OS2. The van der Waals surface area contributed by atoms with Crippen molar-refractivity contribution in [1.29, 1.82) is 5.41 Å². The van der Waals surface area contributed by atoms with Gasteiger partial charge in [-0.05, 0) is 62.1 Å². The average molecular weight is 430 g/mol. The average Bonchev–Trinajstić information content (AvgIpc) is 3.20. The first-order valence-electron chi connectivity index (χ1n) is 8.38. The highest BCUT2D eigenvalue weighted by Crippen LogP contribution is 2.32. The Bertz CT molecular complexity index is 1100. The van der Waals surface area contributed by atoms with E-state index in [1.54, 1.807) is 11.0 Å². The van der Waals surface area contributed by atoms with Crippen molar-refractivity contribution in [1.82, 2.24) is 9.47 Å². The summed E-state index contributed by atoms with van der Waals surface area (Å²) in [5, 5.41) is 10.3. The molecule has 1 aromatic carbocycles. The van der Waals surface area contributed by atoms with Crippen molar-refractivity contribution in [2.24, 2.45) is 9.39 Å².